The van der Waals surface area contributed by atoms with Gasteiger partial charge in [0.05, 0.1) is 6.04 Å². The molecule has 0 radical (unpaired) electrons. The van der Waals surface area contributed by atoms with Crippen molar-refractivity contribution in [3.63, 3.8) is 0 Å². The monoisotopic (exact) mass is 214 g/mol. The lowest BCUT2D eigenvalue weighted by Crippen LogP contribution is -2.34. The lowest BCUT2D eigenvalue weighted by atomic mass is 10.2. The Morgan fingerprint density at radius 1 is 1.40 bits per heavy atom. The zero-order chi connectivity index (χ0) is 11.4. The van der Waals surface area contributed by atoms with Crippen LogP contribution in [0.5, 0.6) is 0 Å². The summed E-state index contributed by atoms with van der Waals surface area (Å²) in [6, 6.07) is 2.12. The molecule has 0 fully saturated rings. The molecule has 3 nitrogen and oxygen atoms in total. The molecule has 1 aromatic carbocycles. The molecule has 15 heavy (non-hydrogen) atoms. The predicted molar refractivity (Wildman–Crippen MR) is 53.3 cm³/mol. The van der Waals surface area contributed by atoms with Crippen molar-refractivity contribution >= 4 is 11.6 Å². The van der Waals surface area contributed by atoms with Crippen molar-refractivity contribution in [1.29, 1.82) is 0 Å². The highest BCUT2D eigenvalue weighted by atomic mass is 19.1. The van der Waals surface area contributed by atoms with Crippen molar-refractivity contribution in [3.8, 4) is 0 Å². The van der Waals surface area contributed by atoms with Crippen molar-refractivity contribution in [3.05, 3.63) is 29.8 Å². The Labute approximate surface area is 86.3 Å². The maximum absolute atomic E-state index is 12.7. The van der Waals surface area contributed by atoms with Gasteiger partial charge in [0.15, 0.2) is 0 Å². The first-order valence-electron chi connectivity index (χ1n) is 4.55. The van der Waals surface area contributed by atoms with E-state index >= 15 is 0 Å². The Morgan fingerprint density at radius 2 is 1.93 bits per heavy atom. The molecule has 1 aromatic rings. The van der Waals surface area contributed by atoms with Gasteiger partial charge < -0.3 is 11.1 Å². The van der Waals surface area contributed by atoms with Crippen LogP contribution in [-0.4, -0.2) is 11.9 Å². The first-order valence-corrected chi connectivity index (χ1v) is 4.55. The van der Waals surface area contributed by atoms with E-state index in [0.29, 0.717) is 6.42 Å². The fourth-order valence-corrected chi connectivity index (χ4v) is 1.05. The van der Waals surface area contributed by atoms with E-state index in [1.54, 1.807) is 6.92 Å². The fraction of sp³-hybridized carbons (Fsp3) is 0.300. The zero-order valence-electron chi connectivity index (χ0n) is 8.26. The molecule has 0 aliphatic heterocycles. The Hall–Kier alpha value is -1.49. The average molecular weight is 214 g/mol. The summed E-state index contributed by atoms with van der Waals surface area (Å²) in [5, 5.41) is 2.33. The minimum atomic E-state index is -0.740. The van der Waals surface area contributed by atoms with Crippen LogP contribution in [-0.2, 0) is 4.79 Å². The van der Waals surface area contributed by atoms with Crippen molar-refractivity contribution in [2.75, 3.05) is 5.32 Å². The average Bonchev–Trinajstić information content (AvgIpc) is 2.14. The summed E-state index contributed by atoms with van der Waals surface area (Å²) in [6.07, 6.45) is 0.462. The normalized spacial score (nSPS) is 12.3. The van der Waals surface area contributed by atoms with Crippen LogP contribution < -0.4 is 11.1 Å². The van der Waals surface area contributed by atoms with Crippen LogP contribution in [0, 0.1) is 11.6 Å². The van der Waals surface area contributed by atoms with E-state index in [1.165, 1.54) is 0 Å². The number of rotatable bonds is 3. The number of halogens is 2. The summed E-state index contributed by atoms with van der Waals surface area (Å²) in [7, 11) is 0. The van der Waals surface area contributed by atoms with Gasteiger partial charge in [0.2, 0.25) is 5.91 Å². The van der Waals surface area contributed by atoms with Gasteiger partial charge in [-0.15, -0.1) is 0 Å². The van der Waals surface area contributed by atoms with Gasteiger partial charge in [-0.25, -0.2) is 8.78 Å². The molecular formula is C10H12F2N2O. The van der Waals surface area contributed by atoms with Crippen LogP contribution in [0.2, 0.25) is 0 Å². The summed E-state index contributed by atoms with van der Waals surface area (Å²) < 4.78 is 25.5. The van der Waals surface area contributed by atoms with Crippen molar-refractivity contribution in [1.82, 2.24) is 0 Å². The van der Waals surface area contributed by atoms with Gasteiger partial charge in [-0.2, -0.15) is 0 Å². The molecule has 0 bridgehead atoms. The molecule has 0 spiro atoms. The minimum Gasteiger partial charge on any atom is -0.325 e. The molecule has 0 aliphatic carbocycles. The molecule has 1 rings (SSSR count). The predicted octanol–water partition coefficient (Wildman–Crippen LogP) is 1.64. The number of carbonyl (C=O) groups is 1. The van der Waals surface area contributed by atoms with E-state index in [4.69, 9.17) is 5.73 Å². The van der Waals surface area contributed by atoms with Crippen LogP contribution in [0.4, 0.5) is 14.5 Å². The Bertz CT molecular complexity index is 348. The highest BCUT2D eigenvalue weighted by Gasteiger charge is 2.11. The van der Waals surface area contributed by atoms with E-state index in [0.717, 1.165) is 18.2 Å². The largest absolute Gasteiger partial charge is 0.325 e. The first kappa shape index (κ1) is 11.6. The molecular weight excluding hydrogens is 202 g/mol. The summed E-state index contributed by atoms with van der Waals surface area (Å²) in [6.45, 7) is 1.75. The van der Waals surface area contributed by atoms with Gasteiger partial charge in [0.1, 0.15) is 11.6 Å². The second-order valence-electron chi connectivity index (χ2n) is 3.16. The molecule has 0 unspecified atom stereocenters. The molecule has 0 saturated carbocycles. The van der Waals surface area contributed by atoms with E-state index in [1.807, 2.05) is 0 Å². The molecule has 0 saturated heterocycles. The molecule has 0 heterocycles. The maximum atomic E-state index is 12.7. The van der Waals surface area contributed by atoms with E-state index < -0.39 is 23.6 Å². The quantitative estimate of drug-likeness (QED) is 0.803. The van der Waals surface area contributed by atoms with Crippen molar-refractivity contribution in [2.45, 2.75) is 19.4 Å². The van der Waals surface area contributed by atoms with Crippen LogP contribution in [0.1, 0.15) is 13.3 Å². The Morgan fingerprint density at radius 3 is 2.40 bits per heavy atom. The number of hydrogen-bond donors (Lipinski definition) is 2. The van der Waals surface area contributed by atoms with Gasteiger partial charge in [0, 0.05) is 11.8 Å². The van der Waals surface area contributed by atoms with Gasteiger partial charge in [0.25, 0.3) is 0 Å². The fourth-order valence-electron chi connectivity index (χ4n) is 1.05. The smallest absolute Gasteiger partial charge is 0.241 e. The summed E-state index contributed by atoms with van der Waals surface area (Å²) >= 11 is 0. The highest BCUT2D eigenvalue weighted by molar-refractivity contribution is 5.94. The molecule has 1 atom stereocenters. The Kier molecular flexibility index (Phi) is 3.74. The SMILES string of the molecule is CC[C@@H](N)C(=O)Nc1cc(F)cc(F)c1. The number of hydrogen-bond acceptors (Lipinski definition) is 2. The number of carbonyl (C=O) groups excluding carboxylic acids is 1. The van der Waals surface area contributed by atoms with Crippen LogP contribution >= 0.6 is 0 Å². The topological polar surface area (TPSA) is 55.1 Å². The standard InChI is InChI=1S/C10H12F2N2O/c1-2-9(13)10(15)14-8-4-6(11)3-7(12)5-8/h3-5,9H,2,13H2,1H3,(H,14,15)/t9-/m1/s1. The number of nitrogens with two attached hydrogens (primary N) is 1. The first-order chi connectivity index (χ1) is 7.02. The number of anilines is 1. The van der Waals surface area contributed by atoms with Gasteiger partial charge in [-0.1, -0.05) is 6.92 Å². The van der Waals surface area contributed by atoms with Crippen LogP contribution in [0.3, 0.4) is 0 Å². The third-order valence-electron chi connectivity index (χ3n) is 1.91. The number of nitrogens with one attached hydrogen (secondary N) is 1. The number of benzene rings is 1. The van der Waals surface area contributed by atoms with Crippen molar-refractivity contribution < 1.29 is 13.6 Å². The molecule has 0 aliphatic rings. The molecule has 3 N–H and O–H groups in total. The molecule has 1 amide bonds. The van der Waals surface area contributed by atoms with E-state index in [-0.39, 0.29) is 5.69 Å². The molecule has 82 valence electrons. The van der Waals surface area contributed by atoms with Crippen molar-refractivity contribution in [2.24, 2.45) is 5.73 Å². The van der Waals surface area contributed by atoms with Gasteiger partial charge in [-0.05, 0) is 18.6 Å². The van der Waals surface area contributed by atoms with E-state index in [9.17, 15) is 13.6 Å². The minimum absolute atomic E-state index is 0.0707. The third kappa shape index (κ3) is 3.28. The summed E-state index contributed by atoms with van der Waals surface area (Å²) in [4.78, 5) is 11.3. The summed E-state index contributed by atoms with van der Waals surface area (Å²) in [5.41, 5.74) is 5.51. The maximum Gasteiger partial charge on any atom is 0.241 e. The second kappa shape index (κ2) is 4.84. The number of amides is 1. The molecule has 0 aromatic heterocycles. The second-order valence-corrected chi connectivity index (χ2v) is 3.16. The Balaban J connectivity index is 2.76. The lowest BCUT2D eigenvalue weighted by molar-refractivity contribution is -0.117. The molecule has 5 heteroatoms. The van der Waals surface area contributed by atoms with Crippen LogP contribution in [0.15, 0.2) is 18.2 Å². The van der Waals surface area contributed by atoms with E-state index in [2.05, 4.69) is 5.32 Å². The highest BCUT2D eigenvalue weighted by Crippen LogP contribution is 2.13. The van der Waals surface area contributed by atoms with Gasteiger partial charge >= 0.3 is 0 Å². The van der Waals surface area contributed by atoms with Crippen LogP contribution in [0.25, 0.3) is 0 Å². The summed E-state index contributed by atoms with van der Waals surface area (Å²) in [5.74, 6) is -1.94. The van der Waals surface area contributed by atoms with Gasteiger partial charge in [-0.3, -0.25) is 4.79 Å². The lowest BCUT2D eigenvalue weighted by Gasteiger charge is -2.09. The third-order valence-corrected chi connectivity index (χ3v) is 1.91. The zero-order valence-corrected chi connectivity index (χ0v) is 8.26.